The van der Waals surface area contributed by atoms with E-state index in [9.17, 15) is 0 Å². The third-order valence-corrected chi connectivity index (χ3v) is 4.51. The number of nitrogens with one attached hydrogen (secondary N) is 1. The van der Waals surface area contributed by atoms with Crippen LogP contribution in [0.2, 0.25) is 0 Å². The molecule has 23 heavy (non-hydrogen) atoms. The fraction of sp³-hybridized carbons (Fsp3) is 0.750. The minimum absolute atomic E-state index is 0.0674. The van der Waals surface area contributed by atoms with Crippen LogP contribution in [0.4, 0.5) is 0 Å². The third kappa shape index (κ3) is 5.73. The van der Waals surface area contributed by atoms with E-state index in [1.54, 1.807) is 0 Å². The van der Waals surface area contributed by atoms with Crippen molar-refractivity contribution >= 4 is 17.7 Å². The molecule has 130 valence electrons. The number of unbranched alkanes of at least 4 members (excludes halogenated alkanes) is 1. The van der Waals surface area contributed by atoms with Crippen LogP contribution in [-0.4, -0.2) is 65.4 Å². The summed E-state index contributed by atoms with van der Waals surface area (Å²) in [5, 5.41) is 7.66. The number of rotatable bonds is 7. The van der Waals surface area contributed by atoms with Crippen LogP contribution in [0.5, 0.6) is 0 Å². The molecular formula is C16H29N5OS. The van der Waals surface area contributed by atoms with Gasteiger partial charge in [-0.2, -0.15) is 16.9 Å². The number of aliphatic imine (C=N–C) groups is 1. The summed E-state index contributed by atoms with van der Waals surface area (Å²) in [5.74, 6) is 2.22. The van der Waals surface area contributed by atoms with E-state index in [1.807, 2.05) is 35.9 Å². The Morgan fingerprint density at radius 3 is 3.09 bits per heavy atom. The first-order valence-corrected chi connectivity index (χ1v) is 9.76. The predicted octanol–water partition coefficient (Wildman–Crippen LogP) is 1.90. The van der Waals surface area contributed by atoms with Crippen molar-refractivity contribution in [3.8, 4) is 0 Å². The molecule has 0 bridgehead atoms. The van der Waals surface area contributed by atoms with Gasteiger partial charge in [0.05, 0.1) is 19.3 Å². The molecule has 0 aliphatic carbocycles. The normalized spacial score (nSPS) is 19.2. The number of thioether (sulfide) groups is 1. The van der Waals surface area contributed by atoms with Crippen LogP contribution in [0.1, 0.15) is 31.4 Å². The SMILES string of the molecule is CCNC(=NCCCCSC)N1CCOC(c2cnn(C)c2)C1. The highest BCUT2D eigenvalue weighted by Gasteiger charge is 2.25. The Balaban J connectivity index is 1.93. The standard InChI is InChI=1S/C16H29N5OS/c1-4-17-16(18-7-5-6-10-23-3)21-8-9-22-15(13-21)14-11-19-20(2)12-14/h11-12,15H,4-10,13H2,1-3H3,(H,17,18). The van der Waals surface area contributed by atoms with Gasteiger partial charge in [0.1, 0.15) is 6.10 Å². The highest BCUT2D eigenvalue weighted by molar-refractivity contribution is 7.98. The van der Waals surface area contributed by atoms with Crippen molar-refractivity contribution in [2.45, 2.75) is 25.9 Å². The van der Waals surface area contributed by atoms with Crippen molar-refractivity contribution < 1.29 is 4.74 Å². The molecule has 2 rings (SSSR count). The molecule has 0 aromatic carbocycles. The van der Waals surface area contributed by atoms with E-state index in [0.29, 0.717) is 0 Å². The van der Waals surface area contributed by atoms with Crippen LogP contribution < -0.4 is 5.32 Å². The molecule has 1 atom stereocenters. The zero-order chi connectivity index (χ0) is 16.5. The number of hydrogen-bond donors (Lipinski definition) is 1. The molecule has 1 aromatic rings. The van der Waals surface area contributed by atoms with Crippen LogP contribution in [-0.2, 0) is 11.8 Å². The molecule has 1 aromatic heterocycles. The molecule has 7 heteroatoms. The minimum atomic E-state index is 0.0674. The van der Waals surface area contributed by atoms with Gasteiger partial charge in [-0.3, -0.25) is 9.67 Å². The van der Waals surface area contributed by atoms with E-state index in [2.05, 4.69) is 28.5 Å². The van der Waals surface area contributed by atoms with Gasteiger partial charge >= 0.3 is 0 Å². The molecule has 2 heterocycles. The summed E-state index contributed by atoms with van der Waals surface area (Å²) in [6, 6.07) is 0. The van der Waals surface area contributed by atoms with Crippen molar-refractivity contribution in [3.05, 3.63) is 18.0 Å². The predicted molar refractivity (Wildman–Crippen MR) is 97.1 cm³/mol. The van der Waals surface area contributed by atoms with Crippen LogP contribution in [0.25, 0.3) is 0 Å². The van der Waals surface area contributed by atoms with Crippen LogP contribution >= 0.6 is 11.8 Å². The first-order chi connectivity index (χ1) is 11.2. The molecule has 1 aliphatic heterocycles. The molecule has 1 N–H and O–H groups in total. The lowest BCUT2D eigenvalue weighted by Gasteiger charge is -2.34. The number of morpholine rings is 1. The van der Waals surface area contributed by atoms with Gasteiger partial charge < -0.3 is 15.0 Å². The lowest BCUT2D eigenvalue weighted by molar-refractivity contribution is -0.00804. The van der Waals surface area contributed by atoms with E-state index in [0.717, 1.165) is 50.7 Å². The van der Waals surface area contributed by atoms with Crippen molar-refractivity contribution in [1.82, 2.24) is 20.0 Å². The molecule has 0 saturated carbocycles. The highest BCUT2D eigenvalue weighted by Crippen LogP contribution is 2.21. The number of aromatic nitrogens is 2. The van der Waals surface area contributed by atoms with E-state index in [4.69, 9.17) is 9.73 Å². The summed E-state index contributed by atoms with van der Waals surface area (Å²) in [4.78, 5) is 7.09. The minimum Gasteiger partial charge on any atom is -0.370 e. The molecule has 1 unspecified atom stereocenters. The van der Waals surface area contributed by atoms with Gasteiger partial charge in [-0.05, 0) is 31.8 Å². The Labute approximate surface area is 143 Å². The monoisotopic (exact) mass is 339 g/mol. The number of nitrogens with zero attached hydrogens (tertiary/aromatic N) is 4. The van der Waals surface area contributed by atoms with E-state index in [1.165, 1.54) is 12.2 Å². The quantitative estimate of drug-likeness (QED) is 0.467. The Morgan fingerprint density at radius 1 is 1.52 bits per heavy atom. The smallest absolute Gasteiger partial charge is 0.194 e. The largest absolute Gasteiger partial charge is 0.370 e. The summed E-state index contributed by atoms with van der Waals surface area (Å²) < 4.78 is 7.74. The van der Waals surface area contributed by atoms with Gasteiger partial charge in [0, 0.05) is 38.4 Å². The third-order valence-electron chi connectivity index (χ3n) is 3.82. The van der Waals surface area contributed by atoms with Gasteiger partial charge in [0.15, 0.2) is 5.96 Å². The fourth-order valence-corrected chi connectivity index (χ4v) is 3.11. The summed E-state index contributed by atoms with van der Waals surface area (Å²) in [7, 11) is 1.93. The molecule has 0 spiro atoms. The average Bonchev–Trinajstić information content (AvgIpc) is 3.00. The summed E-state index contributed by atoms with van der Waals surface area (Å²) in [6.45, 7) is 6.31. The van der Waals surface area contributed by atoms with Crippen molar-refractivity contribution in [2.75, 3.05) is 44.8 Å². The van der Waals surface area contributed by atoms with Gasteiger partial charge in [-0.25, -0.2) is 0 Å². The molecule has 1 saturated heterocycles. The fourth-order valence-electron chi connectivity index (χ4n) is 2.62. The molecule has 1 fully saturated rings. The van der Waals surface area contributed by atoms with Crippen LogP contribution in [0, 0.1) is 0 Å². The molecule has 1 aliphatic rings. The summed E-state index contributed by atoms with van der Waals surface area (Å²) in [5.41, 5.74) is 1.13. The zero-order valence-electron chi connectivity index (χ0n) is 14.5. The molecular weight excluding hydrogens is 310 g/mol. The maximum atomic E-state index is 5.91. The Kier molecular flexibility index (Phi) is 7.74. The van der Waals surface area contributed by atoms with Gasteiger partial charge in [-0.15, -0.1) is 0 Å². The highest BCUT2D eigenvalue weighted by atomic mass is 32.2. The Morgan fingerprint density at radius 2 is 2.39 bits per heavy atom. The van der Waals surface area contributed by atoms with Crippen LogP contribution in [0.3, 0.4) is 0 Å². The first kappa shape index (κ1) is 18.1. The Hall–Kier alpha value is -1.21. The summed E-state index contributed by atoms with van der Waals surface area (Å²) >= 11 is 1.90. The van der Waals surface area contributed by atoms with Crippen LogP contribution in [0.15, 0.2) is 17.4 Å². The second-order valence-corrected chi connectivity index (χ2v) is 6.67. The first-order valence-electron chi connectivity index (χ1n) is 8.37. The van der Waals surface area contributed by atoms with Crippen molar-refractivity contribution in [2.24, 2.45) is 12.0 Å². The van der Waals surface area contributed by atoms with E-state index >= 15 is 0 Å². The number of ether oxygens (including phenoxy) is 1. The van der Waals surface area contributed by atoms with Crippen molar-refractivity contribution in [1.29, 1.82) is 0 Å². The summed E-state index contributed by atoms with van der Waals surface area (Å²) in [6.07, 6.45) is 8.51. The Bertz CT molecular complexity index is 491. The lowest BCUT2D eigenvalue weighted by Crippen LogP contribution is -2.48. The number of hydrogen-bond acceptors (Lipinski definition) is 4. The van der Waals surface area contributed by atoms with Gasteiger partial charge in [0.2, 0.25) is 0 Å². The molecule has 0 radical (unpaired) electrons. The second kappa shape index (κ2) is 9.82. The maximum Gasteiger partial charge on any atom is 0.194 e. The maximum absolute atomic E-state index is 5.91. The number of aryl methyl sites for hydroxylation is 1. The lowest BCUT2D eigenvalue weighted by atomic mass is 10.1. The van der Waals surface area contributed by atoms with Gasteiger partial charge in [-0.1, -0.05) is 0 Å². The van der Waals surface area contributed by atoms with E-state index < -0.39 is 0 Å². The number of guanidine groups is 1. The topological polar surface area (TPSA) is 54.7 Å². The zero-order valence-corrected chi connectivity index (χ0v) is 15.3. The van der Waals surface area contributed by atoms with E-state index in [-0.39, 0.29) is 6.10 Å². The molecule has 0 amide bonds. The van der Waals surface area contributed by atoms with Gasteiger partial charge in [0.25, 0.3) is 0 Å². The molecule has 6 nitrogen and oxygen atoms in total. The average molecular weight is 340 g/mol. The second-order valence-electron chi connectivity index (χ2n) is 5.69. The van der Waals surface area contributed by atoms with Crippen molar-refractivity contribution in [3.63, 3.8) is 0 Å².